The number of aliphatic carboxylic acids is 1. The highest BCUT2D eigenvalue weighted by atomic mass is 16.6. The number of anilines is 1. The van der Waals surface area contributed by atoms with Crippen LogP contribution in [0.3, 0.4) is 0 Å². The van der Waals surface area contributed by atoms with Crippen LogP contribution in [0.1, 0.15) is 43.6 Å². The molecule has 0 saturated heterocycles. The van der Waals surface area contributed by atoms with Crippen molar-refractivity contribution < 1.29 is 33.8 Å². The Morgan fingerprint density at radius 2 is 1.80 bits per heavy atom. The number of carbonyl (C=O) groups excluding carboxylic acids is 3. The van der Waals surface area contributed by atoms with Gasteiger partial charge in [-0.1, -0.05) is 18.2 Å². The van der Waals surface area contributed by atoms with Crippen LogP contribution in [0.25, 0.3) is 10.9 Å². The first kappa shape index (κ1) is 25.3. The number of amides is 2. The number of aromatic nitrogens is 1. The van der Waals surface area contributed by atoms with E-state index in [0.29, 0.717) is 0 Å². The maximum Gasteiger partial charge on any atom is 0.412 e. The molecule has 1 heterocycles. The van der Waals surface area contributed by atoms with Crippen LogP contribution in [-0.2, 0) is 20.7 Å². The van der Waals surface area contributed by atoms with Crippen LogP contribution in [0, 0.1) is 0 Å². The van der Waals surface area contributed by atoms with Gasteiger partial charge in [-0.15, -0.1) is 0 Å². The second-order valence-electron chi connectivity index (χ2n) is 8.86. The molecule has 0 aliphatic rings. The van der Waals surface area contributed by atoms with Crippen molar-refractivity contribution in [1.29, 1.82) is 0 Å². The van der Waals surface area contributed by atoms with E-state index in [1.165, 1.54) is 18.2 Å². The van der Waals surface area contributed by atoms with E-state index in [9.17, 15) is 24.3 Å². The fraction of sp³-hybridized carbons (Fsp3) is 0.280. The van der Waals surface area contributed by atoms with Crippen molar-refractivity contribution in [2.45, 2.75) is 45.8 Å². The molecule has 3 rings (SSSR count). The Morgan fingerprint density at radius 1 is 1.09 bits per heavy atom. The third kappa shape index (κ3) is 6.83. The molecule has 0 unspecified atom stereocenters. The molecule has 2 aromatic carbocycles. The lowest BCUT2D eigenvalue weighted by Crippen LogP contribution is -2.42. The number of hydrogen-bond donors (Lipinski definition) is 4. The van der Waals surface area contributed by atoms with Gasteiger partial charge in [0.25, 0.3) is 5.91 Å². The Labute approximate surface area is 201 Å². The zero-order valence-electron chi connectivity index (χ0n) is 19.8. The van der Waals surface area contributed by atoms with Gasteiger partial charge in [0.15, 0.2) is 0 Å². The maximum atomic E-state index is 13.0. The molecule has 10 heteroatoms. The molecule has 2 amide bonds. The zero-order valence-corrected chi connectivity index (χ0v) is 19.8. The Hall–Kier alpha value is -4.34. The SMILES string of the molecule is CC(=O)Oc1cc(NC(=O)OC(C)(C)C)ccc1C(=O)N[C@@H](Cc1c[nH]c2ccccc12)C(=O)O. The number of esters is 1. The molecule has 0 aliphatic carbocycles. The second-order valence-corrected chi connectivity index (χ2v) is 8.86. The molecule has 1 aromatic heterocycles. The van der Waals surface area contributed by atoms with Crippen LogP contribution >= 0.6 is 0 Å². The van der Waals surface area contributed by atoms with Gasteiger partial charge in [0.2, 0.25) is 0 Å². The fourth-order valence-electron chi connectivity index (χ4n) is 3.40. The predicted molar refractivity (Wildman–Crippen MR) is 129 cm³/mol. The quantitative estimate of drug-likeness (QED) is 0.296. The van der Waals surface area contributed by atoms with Crippen LogP contribution < -0.4 is 15.4 Å². The number of para-hydroxylation sites is 1. The Balaban J connectivity index is 1.82. The summed E-state index contributed by atoms with van der Waals surface area (Å²) in [6.45, 7) is 6.28. The average Bonchev–Trinajstić information content (AvgIpc) is 3.14. The fourth-order valence-corrected chi connectivity index (χ4v) is 3.40. The van der Waals surface area contributed by atoms with Gasteiger partial charge in [0, 0.05) is 42.2 Å². The third-order valence-electron chi connectivity index (χ3n) is 4.83. The summed E-state index contributed by atoms with van der Waals surface area (Å²) in [5.74, 6) is -2.81. The first-order valence-corrected chi connectivity index (χ1v) is 10.8. The first-order chi connectivity index (χ1) is 16.4. The van der Waals surface area contributed by atoms with E-state index < -0.39 is 35.6 Å². The van der Waals surface area contributed by atoms with Gasteiger partial charge in [0.1, 0.15) is 17.4 Å². The number of benzene rings is 2. The van der Waals surface area contributed by atoms with Crippen molar-refractivity contribution in [1.82, 2.24) is 10.3 Å². The number of rotatable bonds is 7. The maximum absolute atomic E-state index is 13.0. The number of carboxylic acid groups (broad SMARTS) is 1. The summed E-state index contributed by atoms with van der Waals surface area (Å²) in [4.78, 5) is 51.6. The molecule has 0 radical (unpaired) electrons. The van der Waals surface area contributed by atoms with E-state index in [0.717, 1.165) is 23.4 Å². The van der Waals surface area contributed by atoms with Gasteiger partial charge in [-0.3, -0.25) is 14.9 Å². The highest BCUT2D eigenvalue weighted by Crippen LogP contribution is 2.25. The van der Waals surface area contributed by atoms with E-state index in [2.05, 4.69) is 15.6 Å². The van der Waals surface area contributed by atoms with E-state index in [-0.39, 0.29) is 23.4 Å². The summed E-state index contributed by atoms with van der Waals surface area (Å²) in [6, 6.07) is 10.2. The number of carboxylic acids is 1. The number of aromatic amines is 1. The largest absolute Gasteiger partial charge is 0.480 e. The van der Waals surface area contributed by atoms with Gasteiger partial charge in [-0.25, -0.2) is 9.59 Å². The van der Waals surface area contributed by atoms with Crippen molar-refractivity contribution in [3.8, 4) is 5.75 Å². The number of H-pyrrole nitrogens is 1. The van der Waals surface area contributed by atoms with Crippen LogP contribution in [0.5, 0.6) is 5.75 Å². The van der Waals surface area contributed by atoms with E-state index in [4.69, 9.17) is 9.47 Å². The summed E-state index contributed by atoms with van der Waals surface area (Å²) in [5.41, 5.74) is 1.01. The molecule has 184 valence electrons. The average molecular weight is 482 g/mol. The molecule has 4 N–H and O–H groups in total. The number of carbonyl (C=O) groups is 4. The number of hydrogen-bond acceptors (Lipinski definition) is 6. The Bertz CT molecular complexity index is 1270. The minimum Gasteiger partial charge on any atom is -0.480 e. The third-order valence-corrected chi connectivity index (χ3v) is 4.83. The van der Waals surface area contributed by atoms with Gasteiger partial charge in [-0.05, 0) is 44.5 Å². The van der Waals surface area contributed by atoms with Gasteiger partial charge in [-0.2, -0.15) is 0 Å². The van der Waals surface area contributed by atoms with Crippen molar-refractivity contribution in [3.05, 3.63) is 59.8 Å². The van der Waals surface area contributed by atoms with E-state index in [1.807, 2.05) is 24.3 Å². The molecule has 0 bridgehead atoms. The van der Waals surface area contributed by atoms with Gasteiger partial charge >= 0.3 is 18.0 Å². The van der Waals surface area contributed by atoms with Crippen molar-refractivity contribution >= 4 is 40.5 Å². The van der Waals surface area contributed by atoms with E-state index in [1.54, 1.807) is 27.0 Å². The number of ether oxygens (including phenoxy) is 2. The Morgan fingerprint density at radius 3 is 2.46 bits per heavy atom. The lowest BCUT2D eigenvalue weighted by atomic mass is 10.0. The van der Waals surface area contributed by atoms with Crippen LogP contribution in [0.15, 0.2) is 48.7 Å². The minimum atomic E-state index is -1.24. The predicted octanol–water partition coefficient (Wildman–Crippen LogP) is 3.87. The highest BCUT2D eigenvalue weighted by Gasteiger charge is 2.25. The molecule has 0 spiro atoms. The van der Waals surface area contributed by atoms with Crippen LogP contribution in [-0.4, -0.2) is 45.7 Å². The molecule has 35 heavy (non-hydrogen) atoms. The normalized spacial score (nSPS) is 12.0. The molecular weight excluding hydrogens is 454 g/mol. The molecule has 0 fully saturated rings. The molecule has 10 nitrogen and oxygen atoms in total. The minimum absolute atomic E-state index is 0.0340. The van der Waals surface area contributed by atoms with Crippen molar-refractivity contribution in [3.63, 3.8) is 0 Å². The topological polar surface area (TPSA) is 147 Å². The zero-order chi connectivity index (χ0) is 25.8. The summed E-state index contributed by atoms with van der Waals surface area (Å²) in [6.07, 6.45) is 1.01. The second kappa shape index (κ2) is 10.3. The molecule has 0 saturated carbocycles. The Kier molecular flexibility index (Phi) is 7.43. The van der Waals surface area contributed by atoms with Gasteiger partial charge < -0.3 is 24.9 Å². The first-order valence-electron chi connectivity index (χ1n) is 10.8. The molecule has 1 atom stereocenters. The van der Waals surface area contributed by atoms with Gasteiger partial charge in [0.05, 0.1) is 5.56 Å². The molecular formula is C25H27N3O7. The summed E-state index contributed by atoms with van der Waals surface area (Å²) in [5, 5.41) is 15.6. The summed E-state index contributed by atoms with van der Waals surface area (Å²) < 4.78 is 10.3. The lowest BCUT2D eigenvalue weighted by molar-refractivity contribution is -0.139. The smallest absolute Gasteiger partial charge is 0.412 e. The monoisotopic (exact) mass is 481 g/mol. The molecule has 0 aliphatic heterocycles. The van der Waals surface area contributed by atoms with E-state index >= 15 is 0 Å². The standard InChI is InChI=1S/C25H27N3O7/c1-14(29)34-21-12-16(27-24(33)35-25(2,3)4)9-10-18(21)22(30)28-20(23(31)32)11-15-13-26-19-8-6-5-7-17(15)19/h5-10,12-13,20,26H,11H2,1-4H3,(H,27,33)(H,28,30)(H,31,32)/t20-/m0/s1. The number of nitrogens with one attached hydrogen (secondary N) is 3. The van der Waals surface area contributed by atoms with Crippen LogP contribution in [0.2, 0.25) is 0 Å². The molecule has 3 aromatic rings. The lowest BCUT2D eigenvalue weighted by Gasteiger charge is -2.20. The summed E-state index contributed by atoms with van der Waals surface area (Å²) in [7, 11) is 0. The van der Waals surface area contributed by atoms with Crippen molar-refractivity contribution in [2.75, 3.05) is 5.32 Å². The summed E-state index contributed by atoms with van der Waals surface area (Å²) >= 11 is 0. The highest BCUT2D eigenvalue weighted by molar-refractivity contribution is 6.00. The van der Waals surface area contributed by atoms with Crippen LogP contribution in [0.4, 0.5) is 10.5 Å². The number of fused-ring (bicyclic) bond motifs is 1. The van der Waals surface area contributed by atoms with Crippen molar-refractivity contribution in [2.24, 2.45) is 0 Å².